The summed E-state index contributed by atoms with van der Waals surface area (Å²) in [7, 11) is 0.386. The minimum absolute atomic E-state index is 0.0470. The molecular weight excluding hydrogens is 518 g/mol. The Morgan fingerprint density at radius 3 is 1.21 bits per heavy atom. The summed E-state index contributed by atoms with van der Waals surface area (Å²) in [5.74, 6) is -0.0549. The first kappa shape index (κ1) is 28.7. The van der Waals surface area contributed by atoms with Crippen LogP contribution in [-0.4, -0.2) is 49.2 Å². The van der Waals surface area contributed by atoms with Crippen LogP contribution in [0.15, 0.2) is 121 Å². The van der Waals surface area contributed by atoms with Crippen LogP contribution in [0.2, 0.25) is 0 Å². The van der Waals surface area contributed by atoms with Gasteiger partial charge in [0.1, 0.15) is 0 Å². The number of hydrogen-bond donors (Lipinski definition) is 1. The number of rotatable bonds is 13. The van der Waals surface area contributed by atoms with E-state index in [2.05, 4.69) is 102 Å². The smallest absolute Gasteiger partial charge is 0.223 e. The molecule has 0 unspecified atom stereocenters. The number of nitrogens with zero attached hydrogens (tertiary/aromatic N) is 1. The molecule has 200 valence electrons. The van der Waals surface area contributed by atoms with Crippen LogP contribution in [0.5, 0.6) is 0 Å². The highest BCUT2D eigenvalue weighted by molar-refractivity contribution is 7.73. The number of hydrogen-bond acceptors (Lipinski definition) is 2. The molecule has 0 aliphatic heterocycles. The van der Waals surface area contributed by atoms with Crippen molar-refractivity contribution in [1.82, 2.24) is 10.2 Å². The molecule has 0 atom stereocenters. The lowest BCUT2D eigenvalue weighted by Gasteiger charge is -2.28. The monoisotopic (exact) mass is 554 g/mol. The van der Waals surface area contributed by atoms with E-state index in [1.165, 1.54) is 21.2 Å². The number of amides is 2. The fraction of sp³-hybridized carbons (Fsp3) is 0.212. The molecule has 0 spiro atoms. The van der Waals surface area contributed by atoms with Gasteiger partial charge in [-0.15, -0.1) is 0 Å². The summed E-state index contributed by atoms with van der Waals surface area (Å²) < 4.78 is 0. The van der Waals surface area contributed by atoms with Crippen LogP contribution in [-0.2, 0) is 9.59 Å². The summed E-state index contributed by atoms with van der Waals surface area (Å²) in [5.41, 5.74) is 0. The zero-order valence-corrected chi connectivity index (χ0v) is 24.2. The summed E-state index contributed by atoms with van der Waals surface area (Å²) in [5, 5.41) is 7.89. The number of carbonyl (C=O) groups excluding carboxylic acids is 2. The summed E-state index contributed by atoms with van der Waals surface area (Å²) in [6.07, 6.45) is 2.19. The molecule has 0 aliphatic carbocycles. The summed E-state index contributed by atoms with van der Waals surface area (Å²) in [6.45, 7) is 1.32. The van der Waals surface area contributed by atoms with E-state index in [0.717, 1.165) is 12.3 Å². The molecule has 0 fully saturated rings. The molecule has 1 N–H and O–H groups in total. The number of benzene rings is 4. The summed E-state index contributed by atoms with van der Waals surface area (Å²) >= 11 is 0. The Kier molecular flexibility index (Phi) is 11.3. The van der Waals surface area contributed by atoms with Gasteiger partial charge in [-0.2, -0.15) is 0 Å². The van der Waals surface area contributed by atoms with Gasteiger partial charge in [0.2, 0.25) is 11.8 Å². The lowest BCUT2D eigenvalue weighted by Crippen LogP contribution is -2.37. The van der Waals surface area contributed by atoms with E-state index in [0.29, 0.717) is 13.1 Å². The predicted octanol–water partition coefficient (Wildman–Crippen LogP) is 4.61. The van der Waals surface area contributed by atoms with Crippen LogP contribution in [0.25, 0.3) is 0 Å². The van der Waals surface area contributed by atoms with Crippen molar-refractivity contribution in [2.24, 2.45) is 0 Å². The van der Waals surface area contributed by atoms with Crippen molar-refractivity contribution in [3.8, 4) is 0 Å². The maximum Gasteiger partial charge on any atom is 0.223 e. The van der Waals surface area contributed by atoms with Crippen molar-refractivity contribution in [2.45, 2.75) is 12.8 Å². The highest BCUT2D eigenvalue weighted by Gasteiger charge is 2.22. The molecule has 0 bridgehead atoms. The third kappa shape index (κ3) is 8.59. The van der Waals surface area contributed by atoms with Gasteiger partial charge in [0.05, 0.1) is 0 Å². The third-order valence-electron chi connectivity index (χ3n) is 6.66. The van der Waals surface area contributed by atoms with Crippen LogP contribution in [0, 0.1) is 0 Å². The molecule has 0 aromatic heterocycles. The Labute approximate surface area is 235 Å². The minimum atomic E-state index is -0.615. The molecule has 4 nitrogen and oxygen atoms in total. The quantitative estimate of drug-likeness (QED) is 0.246. The van der Waals surface area contributed by atoms with Gasteiger partial charge in [0, 0.05) is 33.0 Å². The minimum Gasteiger partial charge on any atom is -0.359 e. The first-order valence-corrected chi connectivity index (χ1v) is 16.4. The topological polar surface area (TPSA) is 49.4 Å². The standard InChI is InChI=1S/C33H36N2O2P2/c1-34-32(36)22-23-33(37)35(24-26-38(28-14-6-2-7-15-28)29-16-8-3-9-17-29)25-27-39(30-18-10-4-11-19-30)31-20-12-5-13-21-31/h2-21H,22-27H2,1H3,(H,34,36). The zero-order valence-electron chi connectivity index (χ0n) is 22.4. The summed E-state index contributed by atoms with van der Waals surface area (Å²) in [4.78, 5) is 27.4. The molecule has 2 amide bonds. The normalized spacial score (nSPS) is 10.9. The second-order valence-electron chi connectivity index (χ2n) is 9.20. The second-order valence-corrected chi connectivity index (χ2v) is 13.9. The molecule has 6 heteroatoms. The van der Waals surface area contributed by atoms with Gasteiger partial charge in [-0.25, -0.2) is 0 Å². The fourth-order valence-corrected chi connectivity index (χ4v) is 9.19. The number of nitrogens with one attached hydrogen (secondary N) is 1. The van der Waals surface area contributed by atoms with Crippen LogP contribution in [0.4, 0.5) is 0 Å². The van der Waals surface area contributed by atoms with Crippen LogP contribution in [0.1, 0.15) is 12.8 Å². The van der Waals surface area contributed by atoms with Gasteiger partial charge in [-0.05, 0) is 49.4 Å². The van der Waals surface area contributed by atoms with Crippen molar-refractivity contribution in [3.05, 3.63) is 121 Å². The van der Waals surface area contributed by atoms with Crippen molar-refractivity contribution in [2.75, 3.05) is 32.5 Å². The van der Waals surface area contributed by atoms with E-state index >= 15 is 0 Å². The first-order valence-electron chi connectivity index (χ1n) is 13.4. The second kappa shape index (κ2) is 15.3. The van der Waals surface area contributed by atoms with Gasteiger partial charge >= 0.3 is 0 Å². The van der Waals surface area contributed by atoms with Crippen LogP contribution in [0.3, 0.4) is 0 Å². The number of carbonyl (C=O) groups is 2. The Hall–Kier alpha value is -3.32. The largest absolute Gasteiger partial charge is 0.359 e. The first-order chi connectivity index (χ1) is 19.2. The van der Waals surface area contributed by atoms with Crippen LogP contribution < -0.4 is 26.5 Å². The average Bonchev–Trinajstić information content (AvgIpc) is 3.01. The molecule has 39 heavy (non-hydrogen) atoms. The van der Waals surface area contributed by atoms with E-state index in [9.17, 15) is 9.59 Å². The third-order valence-corrected chi connectivity index (χ3v) is 11.6. The molecule has 4 rings (SSSR count). The Bertz CT molecular complexity index is 1120. The van der Waals surface area contributed by atoms with Gasteiger partial charge in [0.15, 0.2) is 0 Å². The van der Waals surface area contributed by atoms with E-state index in [1.54, 1.807) is 7.05 Å². The van der Waals surface area contributed by atoms with Gasteiger partial charge in [0.25, 0.3) is 0 Å². The van der Waals surface area contributed by atoms with E-state index < -0.39 is 15.8 Å². The lowest BCUT2D eigenvalue weighted by atomic mass is 10.2. The maximum absolute atomic E-state index is 13.5. The van der Waals surface area contributed by atoms with E-state index in [1.807, 2.05) is 29.2 Å². The Morgan fingerprint density at radius 2 is 0.897 bits per heavy atom. The molecule has 0 heterocycles. The fourth-order valence-electron chi connectivity index (χ4n) is 4.55. The van der Waals surface area contributed by atoms with Crippen molar-refractivity contribution in [1.29, 1.82) is 0 Å². The average molecular weight is 555 g/mol. The summed E-state index contributed by atoms with van der Waals surface area (Å²) in [6, 6.07) is 42.5. The van der Waals surface area contributed by atoms with E-state index in [-0.39, 0.29) is 24.7 Å². The van der Waals surface area contributed by atoms with Gasteiger partial charge < -0.3 is 10.2 Å². The Morgan fingerprint density at radius 1 is 0.564 bits per heavy atom. The van der Waals surface area contributed by atoms with Gasteiger partial charge in [-0.1, -0.05) is 121 Å². The molecule has 0 saturated carbocycles. The SMILES string of the molecule is CNC(=O)CCC(=O)N(CCP(c1ccccc1)c1ccccc1)CCP(c1ccccc1)c1ccccc1. The maximum atomic E-state index is 13.5. The molecule has 0 saturated heterocycles. The van der Waals surface area contributed by atoms with E-state index in [4.69, 9.17) is 0 Å². The van der Waals surface area contributed by atoms with Crippen molar-refractivity contribution in [3.63, 3.8) is 0 Å². The molecule has 0 aliphatic rings. The van der Waals surface area contributed by atoms with Crippen molar-refractivity contribution < 1.29 is 9.59 Å². The molecular formula is C33H36N2O2P2. The van der Waals surface area contributed by atoms with Crippen molar-refractivity contribution >= 4 is 48.9 Å². The van der Waals surface area contributed by atoms with Crippen LogP contribution >= 0.6 is 15.8 Å². The predicted molar refractivity (Wildman–Crippen MR) is 168 cm³/mol. The molecule has 0 radical (unpaired) electrons. The van der Waals surface area contributed by atoms with Gasteiger partial charge in [-0.3, -0.25) is 9.59 Å². The lowest BCUT2D eigenvalue weighted by molar-refractivity contribution is -0.133. The molecule has 4 aromatic carbocycles. The molecule has 4 aromatic rings. The Balaban J connectivity index is 1.55. The highest BCUT2D eigenvalue weighted by Crippen LogP contribution is 2.35. The zero-order chi connectivity index (χ0) is 27.3. The highest BCUT2D eigenvalue weighted by atomic mass is 31.1.